The van der Waals surface area contributed by atoms with Gasteiger partial charge in [0.05, 0.1) is 17.2 Å². The molecular weight excluding hydrogens is 294 g/mol. The van der Waals surface area contributed by atoms with Crippen molar-refractivity contribution in [1.82, 2.24) is 4.68 Å². The lowest BCUT2D eigenvalue weighted by atomic mass is 10.2. The Morgan fingerprint density at radius 3 is 1.83 bits per heavy atom. The Labute approximate surface area is 141 Å². The first-order chi connectivity index (χ1) is 11.7. The summed E-state index contributed by atoms with van der Waals surface area (Å²) in [4.78, 5) is 2.09. The molecule has 0 unspecified atom stereocenters. The summed E-state index contributed by atoms with van der Waals surface area (Å²) in [6.07, 6.45) is 1.92. The average Bonchev–Trinajstić information content (AvgIpc) is 2.94. The number of benzene rings is 3. The Bertz CT molecular complexity index is 971. The number of rotatable bonds is 3. The molecule has 3 heteroatoms. The van der Waals surface area contributed by atoms with Gasteiger partial charge in [0.2, 0.25) is 0 Å². The molecule has 0 atom stereocenters. The number of anilines is 1. The summed E-state index contributed by atoms with van der Waals surface area (Å²) in [5.41, 5.74) is 4.52. The monoisotopic (exact) mass is 313 g/mol. The molecule has 0 saturated heterocycles. The molecule has 3 aromatic carbocycles. The highest BCUT2D eigenvalue weighted by Crippen LogP contribution is 2.28. The van der Waals surface area contributed by atoms with Crippen molar-refractivity contribution < 1.29 is 0 Å². The van der Waals surface area contributed by atoms with E-state index < -0.39 is 0 Å². The maximum Gasteiger partial charge on any atom is 0.0732 e. The second-order valence-electron chi connectivity index (χ2n) is 6.08. The molecule has 0 aliphatic rings. The number of para-hydroxylation sites is 2. The SMILES string of the molecule is CN(C)c1ccc(C=Nn2c3ccccc3c3ccccc32)cc1. The molecule has 1 heterocycles. The fourth-order valence-corrected chi connectivity index (χ4v) is 3.01. The van der Waals surface area contributed by atoms with E-state index in [2.05, 4.69) is 77.7 Å². The van der Waals surface area contributed by atoms with Gasteiger partial charge in [0.15, 0.2) is 0 Å². The van der Waals surface area contributed by atoms with Gasteiger partial charge in [-0.25, -0.2) is 4.68 Å². The summed E-state index contributed by atoms with van der Waals surface area (Å²) in [6, 6.07) is 25.2. The van der Waals surface area contributed by atoms with E-state index >= 15 is 0 Å². The molecule has 4 rings (SSSR count). The number of nitrogens with zero attached hydrogens (tertiary/aromatic N) is 3. The van der Waals surface area contributed by atoms with Crippen LogP contribution < -0.4 is 4.90 Å². The first-order valence-electron chi connectivity index (χ1n) is 8.04. The highest BCUT2D eigenvalue weighted by atomic mass is 15.3. The van der Waals surface area contributed by atoms with Gasteiger partial charge in [-0.05, 0) is 29.8 Å². The molecule has 4 aromatic rings. The zero-order valence-electron chi connectivity index (χ0n) is 13.8. The Hall–Kier alpha value is -3.07. The second kappa shape index (κ2) is 5.85. The van der Waals surface area contributed by atoms with Crippen molar-refractivity contribution in [2.45, 2.75) is 0 Å². The first-order valence-corrected chi connectivity index (χ1v) is 8.04. The molecule has 0 amide bonds. The maximum absolute atomic E-state index is 4.75. The Morgan fingerprint density at radius 2 is 1.29 bits per heavy atom. The van der Waals surface area contributed by atoms with Crippen LogP contribution in [0.15, 0.2) is 77.9 Å². The van der Waals surface area contributed by atoms with E-state index in [1.807, 2.05) is 25.0 Å². The molecule has 0 bridgehead atoms. The van der Waals surface area contributed by atoms with Gasteiger partial charge in [-0.2, -0.15) is 5.10 Å². The zero-order valence-corrected chi connectivity index (χ0v) is 13.8. The number of aromatic nitrogens is 1. The van der Waals surface area contributed by atoms with Gasteiger partial charge in [0, 0.05) is 30.6 Å². The molecule has 3 nitrogen and oxygen atoms in total. The lowest BCUT2D eigenvalue weighted by molar-refractivity contribution is 0.975. The smallest absolute Gasteiger partial charge is 0.0732 e. The molecule has 0 N–H and O–H groups in total. The predicted molar refractivity (Wildman–Crippen MR) is 103 cm³/mol. The van der Waals surface area contributed by atoms with Crippen LogP contribution in [0.2, 0.25) is 0 Å². The van der Waals surface area contributed by atoms with E-state index in [1.165, 1.54) is 16.5 Å². The quantitative estimate of drug-likeness (QED) is 0.500. The number of hydrogen-bond donors (Lipinski definition) is 0. The van der Waals surface area contributed by atoms with Crippen LogP contribution in [0.1, 0.15) is 5.56 Å². The molecule has 0 aliphatic carbocycles. The van der Waals surface area contributed by atoms with Crippen molar-refractivity contribution in [3.63, 3.8) is 0 Å². The molecule has 0 fully saturated rings. The standard InChI is InChI=1S/C21H19N3/c1-23(2)17-13-11-16(12-14-17)15-22-24-20-9-5-3-7-18(20)19-8-4-6-10-21(19)24/h3-15H,1-2H3. The third-order valence-electron chi connectivity index (χ3n) is 4.29. The van der Waals surface area contributed by atoms with Crippen molar-refractivity contribution in [3.8, 4) is 0 Å². The van der Waals surface area contributed by atoms with Gasteiger partial charge in [0.25, 0.3) is 0 Å². The van der Waals surface area contributed by atoms with Crippen LogP contribution >= 0.6 is 0 Å². The molecule has 0 saturated carbocycles. The Morgan fingerprint density at radius 1 is 0.750 bits per heavy atom. The summed E-state index contributed by atoms with van der Waals surface area (Å²) >= 11 is 0. The van der Waals surface area contributed by atoms with Gasteiger partial charge in [-0.3, -0.25) is 0 Å². The minimum absolute atomic E-state index is 1.09. The van der Waals surface area contributed by atoms with Crippen LogP contribution in [0.5, 0.6) is 0 Å². The van der Waals surface area contributed by atoms with Gasteiger partial charge < -0.3 is 4.90 Å². The van der Waals surface area contributed by atoms with Crippen molar-refractivity contribution in [2.75, 3.05) is 19.0 Å². The Balaban J connectivity index is 1.80. The number of fused-ring (bicyclic) bond motifs is 3. The van der Waals surface area contributed by atoms with Crippen molar-refractivity contribution >= 4 is 33.7 Å². The molecule has 1 aromatic heterocycles. The molecule has 0 aliphatic heterocycles. The van der Waals surface area contributed by atoms with Gasteiger partial charge in [-0.1, -0.05) is 48.5 Å². The van der Waals surface area contributed by atoms with E-state index in [4.69, 9.17) is 5.10 Å². The summed E-state index contributed by atoms with van der Waals surface area (Å²) in [7, 11) is 4.09. The largest absolute Gasteiger partial charge is 0.378 e. The van der Waals surface area contributed by atoms with Crippen LogP contribution in [0.25, 0.3) is 21.8 Å². The molecule has 24 heavy (non-hydrogen) atoms. The minimum atomic E-state index is 1.09. The van der Waals surface area contributed by atoms with Crippen molar-refractivity contribution in [2.24, 2.45) is 5.10 Å². The first kappa shape index (κ1) is 14.5. The van der Waals surface area contributed by atoms with E-state index in [-0.39, 0.29) is 0 Å². The topological polar surface area (TPSA) is 20.5 Å². The highest BCUT2D eigenvalue weighted by molar-refractivity contribution is 6.08. The van der Waals surface area contributed by atoms with Crippen LogP contribution in [0, 0.1) is 0 Å². The summed E-state index contributed by atoms with van der Waals surface area (Å²) in [6.45, 7) is 0. The van der Waals surface area contributed by atoms with Crippen LogP contribution in [-0.2, 0) is 0 Å². The van der Waals surface area contributed by atoms with E-state index in [1.54, 1.807) is 0 Å². The third-order valence-corrected chi connectivity index (χ3v) is 4.29. The van der Waals surface area contributed by atoms with E-state index in [9.17, 15) is 0 Å². The van der Waals surface area contributed by atoms with Crippen LogP contribution in [-0.4, -0.2) is 25.0 Å². The number of hydrogen-bond acceptors (Lipinski definition) is 2. The van der Waals surface area contributed by atoms with E-state index in [0.717, 1.165) is 16.6 Å². The summed E-state index contributed by atoms with van der Waals surface area (Å²) in [5, 5.41) is 7.21. The van der Waals surface area contributed by atoms with Crippen LogP contribution in [0.3, 0.4) is 0 Å². The molecule has 118 valence electrons. The molecule has 0 radical (unpaired) electrons. The second-order valence-corrected chi connectivity index (χ2v) is 6.08. The third kappa shape index (κ3) is 2.44. The van der Waals surface area contributed by atoms with E-state index in [0.29, 0.717) is 0 Å². The van der Waals surface area contributed by atoms with Gasteiger partial charge in [-0.15, -0.1) is 0 Å². The summed E-state index contributed by atoms with van der Waals surface area (Å²) < 4.78 is 2.02. The van der Waals surface area contributed by atoms with Crippen LogP contribution in [0.4, 0.5) is 5.69 Å². The molecular formula is C21H19N3. The zero-order chi connectivity index (χ0) is 16.5. The van der Waals surface area contributed by atoms with Crippen molar-refractivity contribution in [1.29, 1.82) is 0 Å². The van der Waals surface area contributed by atoms with Gasteiger partial charge >= 0.3 is 0 Å². The average molecular weight is 313 g/mol. The highest BCUT2D eigenvalue weighted by Gasteiger charge is 2.08. The molecule has 0 spiro atoms. The van der Waals surface area contributed by atoms with Gasteiger partial charge in [0.1, 0.15) is 0 Å². The lowest BCUT2D eigenvalue weighted by Gasteiger charge is -2.11. The fourth-order valence-electron chi connectivity index (χ4n) is 3.01. The fraction of sp³-hybridized carbons (Fsp3) is 0.0952. The normalized spacial score (nSPS) is 11.6. The van der Waals surface area contributed by atoms with Crippen molar-refractivity contribution in [3.05, 3.63) is 78.4 Å². The summed E-state index contributed by atoms with van der Waals surface area (Å²) in [5.74, 6) is 0. The minimum Gasteiger partial charge on any atom is -0.378 e. The lowest BCUT2D eigenvalue weighted by Crippen LogP contribution is -2.08. The maximum atomic E-state index is 4.75. The Kier molecular flexibility index (Phi) is 3.54. The predicted octanol–water partition coefficient (Wildman–Crippen LogP) is 4.74.